The second-order valence-electron chi connectivity index (χ2n) is 5.97. The molecule has 1 aliphatic heterocycles. The van der Waals surface area contributed by atoms with Gasteiger partial charge in [0, 0.05) is 16.7 Å². The van der Waals surface area contributed by atoms with Gasteiger partial charge >= 0.3 is 0 Å². The Kier molecular flexibility index (Phi) is 6.29. The van der Waals surface area contributed by atoms with Gasteiger partial charge in [-0.2, -0.15) is 0 Å². The zero-order valence-corrected chi connectivity index (χ0v) is 14.6. The molecular weight excluding hydrogens is 296 g/mol. The SMILES string of the molecule is CC(C)Sc1ccc(C(C)NC(=O)[C@H]2NCCO[C@@H]2C)cc1. The lowest BCUT2D eigenvalue weighted by molar-refractivity contribution is -0.129. The summed E-state index contributed by atoms with van der Waals surface area (Å²) in [6.07, 6.45) is -0.0919. The molecule has 2 rings (SSSR count). The Morgan fingerprint density at radius 3 is 2.59 bits per heavy atom. The van der Waals surface area contributed by atoms with Gasteiger partial charge in [-0.3, -0.25) is 4.79 Å². The fourth-order valence-corrected chi connectivity index (χ4v) is 3.36. The van der Waals surface area contributed by atoms with Crippen molar-refractivity contribution in [3.8, 4) is 0 Å². The summed E-state index contributed by atoms with van der Waals surface area (Å²) in [4.78, 5) is 13.6. The van der Waals surface area contributed by atoms with E-state index in [1.165, 1.54) is 4.90 Å². The number of nitrogens with one attached hydrogen (secondary N) is 2. The first kappa shape index (κ1) is 17.3. The summed E-state index contributed by atoms with van der Waals surface area (Å²) < 4.78 is 5.53. The van der Waals surface area contributed by atoms with Crippen molar-refractivity contribution in [2.24, 2.45) is 0 Å². The van der Waals surface area contributed by atoms with Crippen molar-refractivity contribution in [1.29, 1.82) is 0 Å². The zero-order chi connectivity index (χ0) is 16.1. The summed E-state index contributed by atoms with van der Waals surface area (Å²) in [5, 5.41) is 6.86. The first-order valence-corrected chi connectivity index (χ1v) is 8.77. The number of morpholine rings is 1. The Balaban J connectivity index is 1.93. The third-order valence-electron chi connectivity index (χ3n) is 3.71. The van der Waals surface area contributed by atoms with Gasteiger partial charge in [0.15, 0.2) is 0 Å². The van der Waals surface area contributed by atoms with Crippen LogP contribution in [0.1, 0.15) is 39.3 Å². The fourth-order valence-electron chi connectivity index (χ4n) is 2.52. The highest BCUT2D eigenvalue weighted by Crippen LogP contribution is 2.24. The standard InChI is InChI=1S/C17H26N2O2S/c1-11(2)22-15-7-5-14(6-8-15)12(3)19-17(20)16-13(4)21-10-9-18-16/h5-8,11-13,16,18H,9-10H2,1-4H3,(H,19,20)/t12?,13-,16+/m1/s1. The molecule has 1 aromatic rings. The van der Waals surface area contributed by atoms with E-state index in [-0.39, 0.29) is 24.1 Å². The maximum absolute atomic E-state index is 12.3. The van der Waals surface area contributed by atoms with Crippen LogP contribution in [0.15, 0.2) is 29.2 Å². The largest absolute Gasteiger partial charge is 0.375 e. The van der Waals surface area contributed by atoms with Gasteiger partial charge in [-0.1, -0.05) is 26.0 Å². The highest BCUT2D eigenvalue weighted by Gasteiger charge is 2.29. The topological polar surface area (TPSA) is 50.4 Å². The molecule has 0 saturated carbocycles. The van der Waals surface area contributed by atoms with Crippen LogP contribution in [0.4, 0.5) is 0 Å². The molecule has 0 spiro atoms. The molecule has 1 saturated heterocycles. The van der Waals surface area contributed by atoms with Crippen LogP contribution in [0, 0.1) is 0 Å². The van der Waals surface area contributed by atoms with Gasteiger partial charge in [0.1, 0.15) is 6.04 Å². The quantitative estimate of drug-likeness (QED) is 0.819. The van der Waals surface area contributed by atoms with Crippen LogP contribution < -0.4 is 10.6 Å². The Bertz CT molecular complexity index is 490. The molecule has 1 unspecified atom stereocenters. The molecule has 5 heteroatoms. The molecule has 0 radical (unpaired) electrons. The maximum atomic E-state index is 12.3. The first-order valence-electron chi connectivity index (χ1n) is 7.89. The molecule has 3 atom stereocenters. The Labute approximate surface area is 137 Å². The average molecular weight is 322 g/mol. The van der Waals surface area contributed by atoms with Crippen LogP contribution in [0.5, 0.6) is 0 Å². The predicted molar refractivity (Wildman–Crippen MR) is 91.2 cm³/mol. The van der Waals surface area contributed by atoms with Crippen molar-refractivity contribution < 1.29 is 9.53 Å². The van der Waals surface area contributed by atoms with Gasteiger partial charge in [0.05, 0.1) is 18.8 Å². The van der Waals surface area contributed by atoms with Crippen molar-refractivity contribution in [3.05, 3.63) is 29.8 Å². The molecule has 1 aromatic carbocycles. The molecule has 0 aliphatic carbocycles. The Morgan fingerprint density at radius 1 is 1.32 bits per heavy atom. The van der Waals surface area contributed by atoms with Crippen molar-refractivity contribution in [1.82, 2.24) is 10.6 Å². The molecule has 1 amide bonds. The second-order valence-corrected chi connectivity index (χ2v) is 7.62. The van der Waals surface area contributed by atoms with Crippen LogP contribution in [0.3, 0.4) is 0 Å². The van der Waals surface area contributed by atoms with E-state index in [1.807, 2.05) is 25.6 Å². The van der Waals surface area contributed by atoms with Crippen LogP contribution in [-0.2, 0) is 9.53 Å². The average Bonchev–Trinajstić information content (AvgIpc) is 2.47. The Hall–Kier alpha value is -1.04. The number of rotatable bonds is 5. The molecule has 0 bridgehead atoms. The van der Waals surface area contributed by atoms with E-state index in [4.69, 9.17) is 4.74 Å². The highest BCUT2D eigenvalue weighted by molar-refractivity contribution is 7.99. The maximum Gasteiger partial charge on any atom is 0.240 e. The summed E-state index contributed by atoms with van der Waals surface area (Å²) in [5.74, 6) is 0.000307. The summed E-state index contributed by atoms with van der Waals surface area (Å²) in [6.45, 7) is 9.69. The molecular formula is C17H26N2O2S. The van der Waals surface area contributed by atoms with E-state index >= 15 is 0 Å². The number of ether oxygens (including phenoxy) is 1. The van der Waals surface area contributed by atoms with Gasteiger partial charge in [-0.05, 0) is 31.5 Å². The molecule has 1 aliphatic rings. The predicted octanol–water partition coefficient (Wildman–Crippen LogP) is 2.74. The number of hydrogen-bond donors (Lipinski definition) is 2. The first-order chi connectivity index (χ1) is 10.5. The number of carbonyl (C=O) groups is 1. The van der Waals surface area contributed by atoms with E-state index < -0.39 is 0 Å². The zero-order valence-electron chi connectivity index (χ0n) is 13.8. The van der Waals surface area contributed by atoms with Gasteiger partial charge < -0.3 is 15.4 Å². The molecule has 22 heavy (non-hydrogen) atoms. The lowest BCUT2D eigenvalue weighted by Crippen LogP contribution is -2.55. The third kappa shape index (κ3) is 4.73. The van der Waals surface area contributed by atoms with Gasteiger partial charge in [0.2, 0.25) is 5.91 Å². The van der Waals surface area contributed by atoms with Crippen molar-refractivity contribution in [2.75, 3.05) is 13.2 Å². The molecule has 0 aromatic heterocycles. The molecule has 1 fully saturated rings. The fraction of sp³-hybridized carbons (Fsp3) is 0.588. The number of thioether (sulfide) groups is 1. The number of hydrogen-bond acceptors (Lipinski definition) is 4. The molecule has 4 nitrogen and oxygen atoms in total. The molecule has 122 valence electrons. The summed E-state index contributed by atoms with van der Waals surface area (Å²) in [6, 6.07) is 8.13. The van der Waals surface area contributed by atoms with Crippen molar-refractivity contribution in [2.45, 2.75) is 56.0 Å². The summed E-state index contributed by atoms with van der Waals surface area (Å²) in [7, 11) is 0. The van der Waals surface area contributed by atoms with E-state index in [0.29, 0.717) is 11.9 Å². The van der Waals surface area contributed by atoms with Gasteiger partial charge in [0.25, 0.3) is 0 Å². The minimum atomic E-state index is -0.271. The number of carbonyl (C=O) groups excluding carboxylic acids is 1. The van der Waals surface area contributed by atoms with E-state index in [0.717, 1.165) is 12.1 Å². The lowest BCUT2D eigenvalue weighted by atomic mass is 10.1. The van der Waals surface area contributed by atoms with Crippen LogP contribution in [0.25, 0.3) is 0 Å². The second kappa shape index (κ2) is 7.99. The molecule has 1 heterocycles. The highest BCUT2D eigenvalue weighted by atomic mass is 32.2. The van der Waals surface area contributed by atoms with Crippen LogP contribution >= 0.6 is 11.8 Å². The van der Waals surface area contributed by atoms with Crippen LogP contribution in [-0.4, -0.2) is 36.5 Å². The lowest BCUT2D eigenvalue weighted by Gasteiger charge is -2.30. The number of benzene rings is 1. The molecule has 2 N–H and O–H groups in total. The normalized spacial score (nSPS) is 23.3. The van der Waals surface area contributed by atoms with Gasteiger partial charge in [-0.25, -0.2) is 0 Å². The van der Waals surface area contributed by atoms with Crippen molar-refractivity contribution in [3.63, 3.8) is 0 Å². The van der Waals surface area contributed by atoms with Crippen molar-refractivity contribution >= 4 is 17.7 Å². The van der Waals surface area contributed by atoms with E-state index in [9.17, 15) is 4.79 Å². The van der Waals surface area contributed by atoms with Gasteiger partial charge in [-0.15, -0.1) is 11.8 Å². The number of amides is 1. The minimum absolute atomic E-state index is 0.000307. The summed E-state index contributed by atoms with van der Waals surface area (Å²) in [5.41, 5.74) is 1.12. The van der Waals surface area contributed by atoms with E-state index in [1.54, 1.807) is 0 Å². The Morgan fingerprint density at radius 2 is 2.00 bits per heavy atom. The third-order valence-corrected chi connectivity index (χ3v) is 4.73. The monoisotopic (exact) mass is 322 g/mol. The summed E-state index contributed by atoms with van der Waals surface area (Å²) >= 11 is 1.84. The smallest absolute Gasteiger partial charge is 0.240 e. The minimum Gasteiger partial charge on any atom is -0.375 e. The van der Waals surface area contributed by atoms with Crippen LogP contribution in [0.2, 0.25) is 0 Å². The van der Waals surface area contributed by atoms with E-state index in [2.05, 4.69) is 48.7 Å².